The Bertz CT molecular complexity index is 419. The molecule has 1 aliphatic heterocycles. The second-order valence-electron chi connectivity index (χ2n) is 4.74. The molecule has 1 aromatic carbocycles. The van der Waals surface area contributed by atoms with Crippen LogP contribution in [-0.4, -0.2) is 35.6 Å². The third-order valence-corrected chi connectivity index (χ3v) is 3.55. The molecule has 1 saturated heterocycles. The van der Waals surface area contributed by atoms with Crippen molar-refractivity contribution in [1.82, 2.24) is 4.90 Å². The van der Waals surface area contributed by atoms with Crippen molar-refractivity contribution in [3.05, 3.63) is 29.8 Å². The van der Waals surface area contributed by atoms with Crippen molar-refractivity contribution in [2.45, 2.75) is 12.5 Å². The number of anilines is 1. The number of nitrogens with two attached hydrogens (primary N) is 2. The Morgan fingerprint density at radius 3 is 2.61 bits per heavy atom. The van der Waals surface area contributed by atoms with Gasteiger partial charge in [-0.1, -0.05) is 12.1 Å². The van der Waals surface area contributed by atoms with Crippen LogP contribution in [0.3, 0.4) is 0 Å². The summed E-state index contributed by atoms with van der Waals surface area (Å²) < 4.78 is 0. The van der Waals surface area contributed by atoms with Crippen LogP contribution in [-0.2, 0) is 4.79 Å². The molecule has 5 heteroatoms. The molecule has 5 N–H and O–H groups in total. The van der Waals surface area contributed by atoms with Crippen LogP contribution in [0.2, 0.25) is 0 Å². The monoisotopic (exact) mass is 249 g/mol. The van der Waals surface area contributed by atoms with E-state index in [-0.39, 0.29) is 12.0 Å². The van der Waals surface area contributed by atoms with Crippen molar-refractivity contribution in [2.75, 3.05) is 25.4 Å². The largest absolute Gasteiger partial charge is 0.481 e. The van der Waals surface area contributed by atoms with Gasteiger partial charge in [0.2, 0.25) is 0 Å². The van der Waals surface area contributed by atoms with Crippen LogP contribution >= 0.6 is 0 Å². The Labute approximate surface area is 106 Å². The van der Waals surface area contributed by atoms with E-state index in [1.54, 1.807) is 0 Å². The first kappa shape index (κ1) is 12.9. The lowest BCUT2D eigenvalue weighted by Gasteiger charge is -2.26. The van der Waals surface area contributed by atoms with Crippen molar-refractivity contribution in [3.8, 4) is 0 Å². The minimum Gasteiger partial charge on any atom is -0.481 e. The molecule has 0 amide bonds. The first-order valence-corrected chi connectivity index (χ1v) is 6.14. The number of hydrogen-bond acceptors (Lipinski definition) is 4. The van der Waals surface area contributed by atoms with Crippen LogP contribution in [0.15, 0.2) is 24.3 Å². The molecule has 1 fully saturated rings. The second-order valence-corrected chi connectivity index (χ2v) is 4.74. The summed E-state index contributed by atoms with van der Waals surface area (Å²) in [6.45, 7) is 1.83. The maximum absolute atomic E-state index is 11.0. The summed E-state index contributed by atoms with van der Waals surface area (Å²) in [6, 6.07) is 7.70. The number of rotatable bonds is 4. The molecular weight excluding hydrogens is 230 g/mol. The lowest BCUT2D eigenvalue weighted by atomic mass is 10.1. The number of carbonyl (C=O) groups is 1. The third kappa shape index (κ3) is 2.63. The predicted molar refractivity (Wildman–Crippen MR) is 70.0 cm³/mol. The van der Waals surface area contributed by atoms with Crippen LogP contribution in [0.4, 0.5) is 5.69 Å². The van der Waals surface area contributed by atoms with Gasteiger partial charge in [-0.25, -0.2) is 0 Å². The number of carboxylic acids is 1. The van der Waals surface area contributed by atoms with Gasteiger partial charge in [-0.15, -0.1) is 0 Å². The van der Waals surface area contributed by atoms with E-state index in [1.807, 2.05) is 24.3 Å². The Morgan fingerprint density at radius 2 is 2.11 bits per heavy atom. The van der Waals surface area contributed by atoms with Crippen LogP contribution in [0.5, 0.6) is 0 Å². The number of benzene rings is 1. The summed E-state index contributed by atoms with van der Waals surface area (Å²) >= 11 is 0. The SMILES string of the molecule is NC[C@H](c1ccc(N)cc1)N1CC[C@H](C(=O)O)C1. The lowest BCUT2D eigenvalue weighted by molar-refractivity contribution is -0.141. The van der Waals surface area contributed by atoms with Crippen molar-refractivity contribution in [3.63, 3.8) is 0 Å². The van der Waals surface area contributed by atoms with Gasteiger partial charge in [0.15, 0.2) is 0 Å². The fraction of sp³-hybridized carbons (Fsp3) is 0.462. The summed E-state index contributed by atoms with van der Waals surface area (Å²) in [4.78, 5) is 13.1. The molecule has 0 saturated carbocycles. The molecule has 2 atom stereocenters. The van der Waals surface area contributed by atoms with E-state index in [0.29, 0.717) is 19.5 Å². The Balaban J connectivity index is 2.10. The molecule has 5 nitrogen and oxygen atoms in total. The highest BCUT2D eigenvalue weighted by Gasteiger charge is 2.32. The van der Waals surface area contributed by atoms with Gasteiger partial charge in [-0.05, 0) is 30.7 Å². The summed E-state index contributed by atoms with van der Waals surface area (Å²) in [6.07, 6.45) is 0.695. The molecule has 0 bridgehead atoms. The van der Waals surface area contributed by atoms with E-state index in [9.17, 15) is 4.79 Å². The molecule has 1 heterocycles. The average Bonchev–Trinajstić information content (AvgIpc) is 2.82. The zero-order valence-electron chi connectivity index (χ0n) is 10.2. The number of likely N-dealkylation sites (tertiary alicyclic amines) is 1. The minimum atomic E-state index is -0.717. The van der Waals surface area contributed by atoms with Crippen molar-refractivity contribution >= 4 is 11.7 Å². The van der Waals surface area contributed by atoms with Crippen LogP contribution in [0, 0.1) is 5.92 Å². The van der Waals surface area contributed by atoms with Gasteiger partial charge in [0.05, 0.1) is 5.92 Å². The predicted octanol–water partition coefficient (Wildman–Crippen LogP) is 0.675. The van der Waals surface area contributed by atoms with E-state index in [4.69, 9.17) is 16.6 Å². The average molecular weight is 249 g/mol. The molecule has 0 aromatic heterocycles. The number of nitrogen functional groups attached to an aromatic ring is 1. The normalized spacial score (nSPS) is 21.9. The molecule has 0 aliphatic carbocycles. The minimum absolute atomic E-state index is 0.0787. The van der Waals surface area contributed by atoms with Gasteiger partial charge in [0.25, 0.3) is 0 Å². The van der Waals surface area contributed by atoms with Crippen molar-refractivity contribution in [2.24, 2.45) is 11.7 Å². The number of nitrogens with zero attached hydrogens (tertiary/aromatic N) is 1. The summed E-state index contributed by atoms with van der Waals surface area (Å²) in [5.41, 5.74) is 13.3. The lowest BCUT2D eigenvalue weighted by Crippen LogP contribution is -2.32. The van der Waals surface area contributed by atoms with Gasteiger partial charge in [-0.3, -0.25) is 9.69 Å². The molecular formula is C13H19N3O2. The highest BCUT2D eigenvalue weighted by molar-refractivity contribution is 5.70. The smallest absolute Gasteiger partial charge is 0.307 e. The first-order valence-electron chi connectivity index (χ1n) is 6.14. The van der Waals surface area contributed by atoms with Gasteiger partial charge in [0.1, 0.15) is 0 Å². The summed E-state index contributed by atoms with van der Waals surface area (Å²) in [5.74, 6) is -0.988. The zero-order chi connectivity index (χ0) is 13.1. The molecule has 1 aliphatic rings. The number of carboxylic acid groups (broad SMARTS) is 1. The fourth-order valence-corrected chi connectivity index (χ4v) is 2.49. The number of hydrogen-bond donors (Lipinski definition) is 3. The summed E-state index contributed by atoms with van der Waals surface area (Å²) in [7, 11) is 0. The second kappa shape index (κ2) is 5.37. The van der Waals surface area contributed by atoms with E-state index in [1.165, 1.54) is 0 Å². The summed E-state index contributed by atoms with van der Waals surface area (Å²) in [5, 5.41) is 9.02. The molecule has 0 spiro atoms. The van der Waals surface area contributed by atoms with Gasteiger partial charge in [0, 0.05) is 24.8 Å². The van der Waals surface area contributed by atoms with Crippen LogP contribution in [0.1, 0.15) is 18.0 Å². The topological polar surface area (TPSA) is 92.6 Å². The number of aliphatic carboxylic acids is 1. The van der Waals surface area contributed by atoms with Crippen molar-refractivity contribution in [1.29, 1.82) is 0 Å². The molecule has 0 radical (unpaired) electrons. The first-order chi connectivity index (χ1) is 8.61. The Morgan fingerprint density at radius 1 is 1.44 bits per heavy atom. The van der Waals surface area contributed by atoms with Crippen LogP contribution in [0.25, 0.3) is 0 Å². The van der Waals surface area contributed by atoms with Crippen LogP contribution < -0.4 is 11.5 Å². The quantitative estimate of drug-likeness (QED) is 0.682. The standard InChI is InChI=1S/C13H19N3O2/c14-7-12(9-1-3-11(15)4-2-9)16-6-5-10(8-16)13(17)18/h1-4,10,12H,5-8,14-15H2,(H,17,18)/t10-,12+/m0/s1. The third-order valence-electron chi connectivity index (χ3n) is 3.55. The Hall–Kier alpha value is -1.59. The van der Waals surface area contributed by atoms with E-state index in [2.05, 4.69) is 4.90 Å². The molecule has 18 heavy (non-hydrogen) atoms. The van der Waals surface area contributed by atoms with E-state index in [0.717, 1.165) is 17.8 Å². The molecule has 2 rings (SSSR count). The fourth-order valence-electron chi connectivity index (χ4n) is 2.49. The Kier molecular flexibility index (Phi) is 3.84. The van der Waals surface area contributed by atoms with E-state index >= 15 is 0 Å². The van der Waals surface area contributed by atoms with Gasteiger partial charge >= 0.3 is 5.97 Å². The zero-order valence-corrected chi connectivity index (χ0v) is 10.2. The highest BCUT2D eigenvalue weighted by Crippen LogP contribution is 2.27. The van der Waals surface area contributed by atoms with Gasteiger partial charge in [-0.2, -0.15) is 0 Å². The van der Waals surface area contributed by atoms with Gasteiger partial charge < -0.3 is 16.6 Å². The highest BCUT2D eigenvalue weighted by atomic mass is 16.4. The van der Waals surface area contributed by atoms with E-state index < -0.39 is 5.97 Å². The molecule has 98 valence electrons. The molecule has 1 aromatic rings. The maximum atomic E-state index is 11.0. The maximum Gasteiger partial charge on any atom is 0.307 e. The molecule has 0 unspecified atom stereocenters. The van der Waals surface area contributed by atoms with Crippen molar-refractivity contribution < 1.29 is 9.90 Å².